The van der Waals surface area contributed by atoms with Crippen LogP contribution in [0.3, 0.4) is 0 Å². The number of benzene rings is 1. The first-order valence-electron chi connectivity index (χ1n) is 5.99. The van der Waals surface area contributed by atoms with Crippen molar-refractivity contribution in [2.75, 3.05) is 12.4 Å². The Morgan fingerprint density at radius 1 is 1.39 bits per heavy atom. The average Bonchev–Trinajstić information content (AvgIpc) is 2.34. The molecule has 1 N–H and O–H groups in total. The monoisotopic (exact) mass is 250 g/mol. The highest BCUT2D eigenvalue weighted by Crippen LogP contribution is 2.44. The van der Waals surface area contributed by atoms with Crippen LogP contribution in [0.4, 0.5) is 11.4 Å². The number of hydrogen-bond acceptors (Lipinski definition) is 4. The van der Waals surface area contributed by atoms with Crippen molar-refractivity contribution in [2.24, 2.45) is 5.41 Å². The Labute approximate surface area is 106 Å². The van der Waals surface area contributed by atoms with Crippen molar-refractivity contribution in [1.29, 1.82) is 0 Å². The number of methoxy groups -OCH3 is 1. The van der Waals surface area contributed by atoms with E-state index in [0.29, 0.717) is 6.04 Å². The van der Waals surface area contributed by atoms with Crippen LogP contribution in [-0.2, 0) is 4.74 Å². The SMILES string of the molecule is COC1CC(Nc2ccc([N+](=O)[O-])cc2)C1(C)C. The first kappa shape index (κ1) is 12.8. The fourth-order valence-electron chi connectivity index (χ4n) is 2.41. The molecule has 1 aromatic carbocycles. The Morgan fingerprint density at radius 2 is 2.00 bits per heavy atom. The lowest BCUT2D eigenvalue weighted by Crippen LogP contribution is -2.57. The van der Waals surface area contributed by atoms with Gasteiger partial charge in [-0.05, 0) is 18.6 Å². The van der Waals surface area contributed by atoms with Gasteiger partial charge in [0, 0.05) is 36.4 Å². The fraction of sp³-hybridized carbons (Fsp3) is 0.538. The summed E-state index contributed by atoms with van der Waals surface area (Å²) in [5, 5.41) is 14.0. The lowest BCUT2D eigenvalue weighted by Gasteiger charge is -2.51. The number of rotatable bonds is 4. The predicted octanol–water partition coefficient (Wildman–Crippen LogP) is 2.82. The summed E-state index contributed by atoms with van der Waals surface area (Å²) < 4.78 is 5.39. The third-order valence-corrected chi connectivity index (χ3v) is 3.88. The van der Waals surface area contributed by atoms with Crippen molar-refractivity contribution in [2.45, 2.75) is 32.4 Å². The van der Waals surface area contributed by atoms with Crippen molar-refractivity contribution in [3.05, 3.63) is 34.4 Å². The van der Waals surface area contributed by atoms with Crippen molar-refractivity contribution in [3.63, 3.8) is 0 Å². The van der Waals surface area contributed by atoms with Gasteiger partial charge in [0.15, 0.2) is 0 Å². The van der Waals surface area contributed by atoms with Crippen LogP contribution in [0.1, 0.15) is 20.3 Å². The molecule has 0 saturated heterocycles. The molecule has 1 aromatic rings. The van der Waals surface area contributed by atoms with E-state index in [2.05, 4.69) is 19.2 Å². The largest absolute Gasteiger partial charge is 0.382 e. The quantitative estimate of drug-likeness (QED) is 0.659. The summed E-state index contributed by atoms with van der Waals surface area (Å²) in [4.78, 5) is 10.2. The van der Waals surface area contributed by atoms with Gasteiger partial charge in [0.05, 0.1) is 11.0 Å². The molecule has 0 amide bonds. The van der Waals surface area contributed by atoms with Gasteiger partial charge in [-0.15, -0.1) is 0 Å². The van der Waals surface area contributed by atoms with Gasteiger partial charge in [-0.2, -0.15) is 0 Å². The minimum absolute atomic E-state index is 0.0799. The Morgan fingerprint density at radius 3 is 2.44 bits per heavy atom. The van der Waals surface area contributed by atoms with Gasteiger partial charge in [-0.1, -0.05) is 13.8 Å². The Bertz CT molecular complexity index is 442. The molecule has 0 bridgehead atoms. The molecule has 0 aliphatic heterocycles. The molecular formula is C13H18N2O3. The third kappa shape index (κ3) is 2.18. The smallest absolute Gasteiger partial charge is 0.269 e. The van der Waals surface area contributed by atoms with E-state index < -0.39 is 4.92 Å². The number of nitro groups is 1. The van der Waals surface area contributed by atoms with Gasteiger partial charge in [0.2, 0.25) is 0 Å². The number of nitrogens with one attached hydrogen (secondary N) is 1. The van der Waals surface area contributed by atoms with Gasteiger partial charge in [-0.3, -0.25) is 10.1 Å². The Kier molecular flexibility index (Phi) is 3.26. The van der Waals surface area contributed by atoms with Crippen LogP contribution < -0.4 is 5.32 Å². The van der Waals surface area contributed by atoms with E-state index in [9.17, 15) is 10.1 Å². The lowest BCUT2D eigenvalue weighted by atomic mass is 9.64. The fourth-order valence-corrected chi connectivity index (χ4v) is 2.41. The van der Waals surface area contributed by atoms with E-state index in [-0.39, 0.29) is 17.2 Å². The van der Waals surface area contributed by atoms with Crippen LogP contribution in [0.25, 0.3) is 0 Å². The minimum atomic E-state index is -0.391. The molecule has 1 aliphatic rings. The van der Waals surface area contributed by atoms with Crippen LogP contribution in [0.5, 0.6) is 0 Å². The summed E-state index contributed by atoms with van der Waals surface area (Å²) in [6.45, 7) is 4.32. The molecule has 18 heavy (non-hydrogen) atoms. The van der Waals surface area contributed by atoms with Crippen LogP contribution in [-0.4, -0.2) is 24.2 Å². The summed E-state index contributed by atoms with van der Waals surface area (Å²) in [5.41, 5.74) is 1.10. The maximum absolute atomic E-state index is 10.6. The zero-order valence-corrected chi connectivity index (χ0v) is 10.8. The number of hydrogen-bond donors (Lipinski definition) is 1. The zero-order chi connectivity index (χ0) is 13.3. The van der Waals surface area contributed by atoms with E-state index in [0.717, 1.165) is 12.1 Å². The van der Waals surface area contributed by atoms with Crippen molar-refractivity contribution >= 4 is 11.4 Å². The number of nitro benzene ring substituents is 1. The van der Waals surface area contributed by atoms with Crippen molar-refractivity contribution < 1.29 is 9.66 Å². The van der Waals surface area contributed by atoms with Gasteiger partial charge in [0.1, 0.15) is 0 Å². The molecule has 1 saturated carbocycles. The van der Waals surface area contributed by atoms with E-state index in [1.54, 1.807) is 19.2 Å². The normalized spacial score (nSPS) is 25.3. The molecule has 2 atom stereocenters. The van der Waals surface area contributed by atoms with Gasteiger partial charge in [0.25, 0.3) is 5.69 Å². The first-order chi connectivity index (χ1) is 8.45. The van der Waals surface area contributed by atoms with Crippen molar-refractivity contribution in [1.82, 2.24) is 0 Å². The van der Waals surface area contributed by atoms with Gasteiger partial charge in [-0.25, -0.2) is 0 Å². The van der Waals surface area contributed by atoms with E-state index >= 15 is 0 Å². The summed E-state index contributed by atoms with van der Waals surface area (Å²) in [6, 6.07) is 6.86. The summed E-state index contributed by atoms with van der Waals surface area (Å²) in [5.74, 6) is 0. The highest BCUT2D eigenvalue weighted by molar-refractivity contribution is 5.50. The second kappa shape index (κ2) is 4.57. The van der Waals surface area contributed by atoms with E-state index in [1.165, 1.54) is 12.1 Å². The Hall–Kier alpha value is -1.62. The molecular weight excluding hydrogens is 232 g/mol. The summed E-state index contributed by atoms with van der Waals surface area (Å²) in [7, 11) is 1.73. The molecule has 0 radical (unpaired) electrons. The second-order valence-corrected chi connectivity index (χ2v) is 5.28. The molecule has 0 heterocycles. The highest BCUT2D eigenvalue weighted by atomic mass is 16.6. The zero-order valence-electron chi connectivity index (χ0n) is 10.8. The number of anilines is 1. The second-order valence-electron chi connectivity index (χ2n) is 5.28. The summed E-state index contributed by atoms with van der Waals surface area (Å²) in [6.07, 6.45) is 1.23. The summed E-state index contributed by atoms with van der Waals surface area (Å²) >= 11 is 0. The highest BCUT2D eigenvalue weighted by Gasteiger charge is 2.48. The number of non-ortho nitro benzene ring substituents is 1. The van der Waals surface area contributed by atoms with Crippen molar-refractivity contribution in [3.8, 4) is 0 Å². The standard InChI is InChI=1S/C13H18N2O3/c1-13(2)11(8-12(13)18-3)14-9-4-6-10(7-5-9)15(16)17/h4-7,11-12,14H,8H2,1-3H3. The number of nitrogens with zero attached hydrogens (tertiary/aromatic N) is 1. The molecule has 1 aliphatic carbocycles. The van der Waals surface area contributed by atoms with Crippen LogP contribution in [0.2, 0.25) is 0 Å². The lowest BCUT2D eigenvalue weighted by molar-refractivity contribution is -0.384. The molecule has 5 nitrogen and oxygen atoms in total. The molecule has 1 fully saturated rings. The molecule has 98 valence electrons. The Balaban J connectivity index is 2.01. The number of ether oxygens (including phenoxy) is 1. The van der Waals surface area contributed by atoms with E-state index in [4.69, 9.17) is 4.74 Å². The van der Waals surface area contributed by atoms with Crippen LogP contribution in [0, 0.1) is 15.5 Å². The topological polar surface area (TPSA) is 64.4 Å². The third-order valence-electron chi connectivity index (χ3n) is 3.88. The molecule has 5 heteroatoms. The van der Waals surface area contributed by atoms with Crippen LogP contribution >= 0.6 is 0 Å². The maximum Gasteiger partial charge on any atom is 0.269 e. The van der Waals surface area contributed by atoms with Gasteiger partial charge >= 0.3 is 0 Å². The predicted molar refractivity (Wildman–Crippen MR) is 69.7 cm³/mol. The molecule has 0 aromatic heterocycles. The average molecular weight is 250 g/mol. The van der Waals surface area contributed by atoms with Gasteiger partial charge < -0.3 is 10.1 Å². The molecule has 0 spiro atoms. The minimum Gasteiger partial charge on any atom is -0.382 e. The van der Waals surface area contributed by atoms with E-state index in [1.807, 2.05) is 0 Å². The van der Waals surface area contributed by atoms with Crippen LogP contribution in [0.15, 0.2) is 24.3 Å². The molecule has 2 unspecified atom stereocenters. The first-order valence-corrected chi connectivity index (χ1v) is 5.99. The molecule has 2 rings (SSSR count). The maximum atomic E-state index is 10.6.